The summed E-state index contributed by atoms with van der Waals surface area (Å²) in [6.07, 6.45) is 2.45. The van der Waals surface area contributed by atoms with Gasteiger partial charge in [0.25, 0.3) is 0 Å². The fourth-order valence-corrected chi connectivity index (χ4v) is 2.85. The third-order valence-electron chi connectivity index (χ3n) is 4.22. The molecule has 0 aromatic heterocycles. The SMILES string of the molecule is Cc1ccccc1CCN1CCC(C)NCC(C)C1. The van der Waals surface area contributed by atoms with Crippen LogP contribution in [0.3, 0.4) is 0 Å². The molecular formula is C17H28N2. The maximum absolute atomic E-state index is 3.61. The van der Waals surface area contributed by atoms with Crippen LogP contribution < -0.4 is 5.32 Å². The molecule has 0 bridgehead atoms. The quantitative estimate of drug-likeness (QED) is 0.899. The van der Waals surface area contributed by atoms with Gasteiger partial charge in [0.1, 0.15) is 0 Å². The van der Waals surface area contributed by atoms with E-state index in [0.29, 0.717) is 6.04 Å². The zero-order valence-corrected chi connectivity index (χ0v) is 12.7. The van der Waals surface area contributed by atoms with Crippen molar-refractivity contribution in [2.24, 2.45) is 5.92 Å². The van der Waals surface area contributed by atoms with Crippen molar-refractivity contribution >= 4 is 0 Å². The summed E-state index contributed by atoms with van der Waals surface area (Å²) in [4.78, 5) is 2.65. The van der Waals surface area contributed by atoms with Gasteiger partial charge in [0.2, 0.25) is 0 Å². The van der Waals surface area contributed by atoms with Crippen molar-refractivity contribution in [1.82, 2.24) is 10.2 Å². The molecule has 2 rings (SSSR count). The van der Waals surface area contributed by atoms with E-state index < -0.39 is 0 Å². The Kier molecular flexibility index (Phi) is 5.41. The summed E-state index contributed by atoms with van der Waals surface area (Å²) in [5, 5.41) is 3.61. The summed E-state index contributed by atoms with van der Waals surface area (Å²) < 4.78 is 0. The van der Waals surface area contributed by atoms with Gasteiger partial charge in [0.05, 0.1) is 0 Å². The number of rotatable bonds is 3. The number of benzene rings is 1. The summed E-state index contributed by atoms with van der Waals surface area (Å²) in [6.45, 7) is 11.7. The average Bonchev–Trinajstić information content (AvgIpc) is 2.39. The highest BCUT2D eigenvalue weighted by atomic mass is 15.1. The number of hydrogen-bond donors (Lipinski definition) is 1. The van der Waals surface area contributed by atoms with Crippen LogP contribution in [-0.2, 0) is 6.42 Å². The predicted molar refractivity (Wildman–Crippen MR) is 82.6 cm³/mol. The minimum absolute atomic E-state index is 0.656. The normalized spacial score (nSPS) is 25.8. The van der Waals surface area contributed by atoms with Crippen molar-refractivity contribution in [3.05, 3.63) is 35.4 Å². The fourth-order valence-electron chi connectivity index (χ4n) is 2.85. The fraction of sp³-hybridized carbons (Fsp3) is 0.647. The van der Waals surface area contributed by atoms with Crippen LogP contribution in [0.15, 0.2) is 24.3 Å². The van der Waals surface area contributed by atoms with Crippen LogP contribution in [0.1, 0.15) is 31.4 Å². The molecule has 2 heteroatoms. The van der Waals surface area contributed by atoms with Crippen LogP contribution >= 0.6 is 0 Å². The van der Waals surface area contributed by atoms with Gasteiger partial charge in [-0.15, -0.1) is 0 Å². The second-order valence-corrected chi connectivity index (χ2v) is 6.18. The lowest BCUT2D eigenvalue weighted by Crippen LogP contribution is -2.43. The van der Waals surface area contributed by atoms with E-state index in [1.807, 2.05) is 0 Å². The van der Waals surface area contributed by atoms with Gasteiger partial charge in [-0.05, 0) is 56.8 Å². The van der Waals surface area contributed by atoms with E-state index >= 15 is 0 Å². The van der Waals surface area contributed by atoms with Crippen molar-refractivity contribution in [2.45, 2.75) is 39.7 Å². The number of nitrogens with zero attached hydrogens (tertiary/aromatic N) is 1. The van der Waals surface area contributed by atoms with E-state index in [4.69, 9.17) is 0 Å². The van der Waals surface area contributed by atoms with Gasteiger partial charge in [0.15, 0.2) is 0 Å². The monoisotopic (exact) mass is 260 g/mol. The van der Waals surface area contributed by atoms with Crippen molar-refractivity contribution < 1.29 is 0 Å². The van der Waals surface area contributed by atoms with Crippen LogP contribution in [-0.4, -0.2) is 37.1 Å². The van der Waals surface area contributed by atoms with Crippen LogP contribution in [0.5, 0.6) is 0 Å². The minimum atomic E-state index is 0.656. The first-order valence-electron chi connectivity index (χ1n) is 7.65. The third kappa shape index (κ3) is 4.63. The average molecular weight is 260 g/mol. The molecule has 0 radical (unpaired) electrons. The van der Waals surface area contributed by atoms with Gasteiger partial charge in [-0.2, -0.15) is 0 Å². The first-order chi connectivity index (χ1) is 9.15. The van der Waals surface area contributed by atoms with Gasteiger partial charge >= 0.3 is 0 Å². The van der Waals surface area contributed by atoms with Gasteiger partial charge in [-0.1, -0.05) is 31.2 Å². The molecule has 1 aromatic carbocycles. The van der Waals surface area contributed by atoms with Crippen LogP contribution in [0.25, 0.3) is 0 Å². The summed E-state index contributed by atoms with van der Waals surface area (Å²) in [7, 11) is 0. The molecular weight excluding hydrogens is 232 g/mol. The molecule has 2 unspecified atom stereocenters. The van der Waals surface area contributed by atoms with Gasteiger partial charge in [0, 0.05) is 19.1 Å². The summed E-state index contributed by atoms with van der Waals surface area (Å²) in [5.41, 5.74) is 2.93. The van der Waals surface area contributed by atoms with Gasteiger partial charge in [-0.25, -0.2) is 0 Å². The highest BCUT2D eigenvalue weighted by Crippen LogP contribution is 2.11. The zero-order valence-electron chi connectivity index (χ0n) is 12.7. The molecule has 1 aliphatic heterocycles. The summed E-state index contributed by atoms with van der Waals surface area (Å²) in [6, 6.07) is 9.43. The second kappa shape index (κ2) is 7.06. The highest BCUT2D eigenvalue weighted by Gasteiger charge is 2.16. The smallest absolute Gasteiger partial charge is 0.00510 e. The van der Waals surface area contributed by atoms with Crippen molar-refractivity contribution in [3.63, 3.8) is 0 Å². The molecule has 1 aromatic rings. The molecule has 1 fully saturated rings. The Hall–Kier alpha value is -0.860. The van der Waals surface area contributed by atoms with Crippen LogP contribution in [0, 0.1) is 12.8 Å². The first-order valence-corrected chi connectivity index (χ1v) is 7.65. The van der Waals surface area contributed by atoms with E-state index in [9.17, 15) is 0 Å². The maximum Gasteiger partial charge on any atom is 0.00510 e. The molecule has 2 atom stereocenters. The first kappa shape index (κ1) is 14.5. The van der Waals surface area contributed by atoms with Crippen molar-refractivity contribution in [2.75, 3.05) is 26.2 Å². The molecule has 0 amide bonds. The molecule has 0 aliphatic carbocycles. The minimum Gasteiger partial charge on any atom is -0.314 e. The van der Waals surface area contributed by atoms with Gasteiger partial charge < -0.3 is 10.2 Å². The Labute approximate surface area is 118 Å². The molecule has 1 aliphatic rings. The van der Waals surface area contributed by atoms with E-state index in [0.717, 1.165) is 12.5 Å². The number of nitrogens with one attached hydrogen (secondary N) is 1. The van der Waals surface area contributed by atoms with E-state index in [-0.39, 0.29) is 0 Å². The largest absolute Gasteiger partial charge is 0.314 e. The van der Waals surface area contributed by atoms with Crippen LogP contribution in [0.4, 0.5) is 0 Å². The summed E-state index contributed by atoms with van der Waals surface area (Å²) >= 11 is 0. The Bertz CT molecular complexity index is 389. The molecule has 1 N–H and O–H groups in total. The molecule has 1 heterocycles. The maximum atomic E-state index is 3.61. The van der Waals surface area contributed by atoms with Crippen molar-refractivity contribution in [3.8, 4) is 0 Å². The van der Waals surface area contributed by atoms with E-state index in [1.54, 1.807) is 0 Å². The Morgan fingerprint density at radius 3 is 2.84 bits per heavy atom. The van der Waals surface area contributed by atoms with Crippen molar-refractivity contribution in [1.29, 1.82) is 0 Å². The standard InChI is InChI=1S/C17H28N2/c1-14-12-18-16(3)8-10-19(13-14)11-9-17-7-5-4-6-15(17)2/h4-7,14,16,18H,8-13H2,1-3H3. The lowest BCUT2D eigenvalue weighted by atomic mass is 10.0. The number of aryl methyl sites for hydroxylation is 1. The number of hydrogen-bond acceptors (Lipinski definition) is 2. The third-order valence-corrected chi connectivity index (χ3v) is 4.22. The van der Waals surface area contributed by atoms with Gasteiger partial charge in [-0.3, -0.25) is 0 Å². The molecule has 0 spiro atoms. The molecule has 0 saturated carbocycles. The molecule has 106 valence electrons. The predicted octanol–water partition coefficient (Wildman–Crippen LogP) is 2.86. The molecule has 2 nitrogen and oxygen atoms in total. The van der Waals surface area contributed by atoms with E-state index in [2.05, 4.69) is 55.3 Å². The topological polar surface area (TPSA) is 15.3 Å². The molecule has 1 saturated heterocycles. The lowest BCUT2D eigenvalue weighted by Gasteiger charge is -2.31. The Balaban J connectivity index is 1.88. The highest BCUT2D eigenvalue weighted by molar-refractivity contribution is 5.25. The summed E-state index contributed by atoms with van der Waals surface area (Å²) in [5.74, 6) is 0.750. The second-order valence-electron chi connectivity index (χ2n) is 6.18. The lowest BCUT2D eigenvalue weighted by molar-refractivity contribution is 0.204. The molecule has 19 heavy (non-hydrogen) atoms. The van der Waals surface area contributed by atoms with Crippen LogP contribution in [0.2, 0.25) is 0 Å². The Morgan fingerprint density at radius 2 is 2.05 bits per heavy atom. The zero-order chi connectivity index (χ0) is 13.7. The Morgan fingerprint density at radius 1 is 1.26 bits per heavy atom. The van der Waals surface area contributed by atoms with E-state index in [1.165, 1.54) is 43.6 Å².